The first-order chi connectivity index (χ1) is 14.7. The zero-order valence-electron chi connectivity index (χ0n) is 17.5. The minimum Gasteiger partial charge on any atom is -0.493 e. The van der Waals surface area contributed by atoms with Crippen LogP contribution in [-0.2, 0) is 6.42 Å². The minimum absolute atomic E-state index is 0.00131. The van der Waals surface area contributed by atoms with Gasteiger partial charge >= 0.3 is 0 Å². The third-order valence-electron chi connectivity index (χ3n) is 4.88. The summed E-state index contributed by atoms with van der Waals surface area (Å²) in [4.78, 5) is 0. The van der Waals surface area contributed by atoms with Crippen molar-refractivity contribution in [2.75, 3.05) is 27.4 Å². The maximum atomic E-state index is 10.4. The van der Waals surface area contributed by atoms with Gasteiger partial charge in [0.2, 0.25) is 0 Å². The number of benzene rings is 3. The highest BCUT2D eigenvalue weighted by Crippen LogP contribution is 2.31. The lowest BCUT2D eigenvalue weighted by atomic mass is 9.98. The van der Waals surface area contributed by atoms with Crippen LogP contribution in [0.5, 0.6) is 17.2 Å². The van der Waals surface area contributed by atoms with E-state index in [4.69, 9.17) is 14.2 Å². The molecule has 0 aliphatic rings. The van der Waals surface area contributed by atoms with E-state index in [0.29, 0.717) is 18.0 Å². The Morgan fingerprint density at radius 3 is 2.17 bits per heavy atom. The van der Waals surface area contributed by atoms with Crippen LogP contribution < -0.4 is 19.5 Å². The molecule has 3 aromatic carbocycles. The van der Waals surface area contributed by atoms with Gasteiger partial charge in [0, 0.05) is 12.6 Å². The number of nitrogens with one attached hydrogen (secondary N) is 1. The first-order valence-corrected chi connectivity index (χ1v) is 10.0. The summed E-state index contributed by atoms with van der Waals surface area (Å²) >= 11 is 0. The summed E-state index contributed by atoms with van der Waals surface area (Å²) in [6, 6.07) is 25.7. The van der Waals surface area contributed by atoms with Gasteiger partial charge in [0.15, 0.2) is 11.5 Å². The Morgan fingerprint density at radius 1 is 0.833 bits per heavy atom. The number of aliphatic hydroxyl groups is 1. The highest BCUT2D eigenvalue weighted by Gasteiger charge is 2.17. The van der Waals surface area contributed by atoms with Crippen LogP contribution in [0.1, 0.15) is 17.2 Å². The predicted octanol–water partition coefficient (Wildman–Crippen LogP) is 4.02. The summed E-state index contributed by atoms with van der Waals surface area (Å²) in [6.07, 6.45) is 0.145. The SMILES string of the molecule is COc1ccc(C(Cc2ccccc2)NC[C@H](O)COc2ccccc2)cc1OC. The van der Waals surface area contributed by atoms with Gasteiger partial charge in [0.25, 0.3) is 0 Å². The predicted molar refractivity (Wildman–Crippen MR) is 118 cm³/mol. The summed E-state index contributed by atoms with van der Waals surface area (Å²) in [5.74, 6) is 2.12. The van der Waals surface area contributed by atoms with Gasteiger partial charge in [0.05, 0.1) is 14.2 Å². The van der Waals surface area contributed by atoms with Gasteiger partial charge in [-0.2, -0.15) is 0 Å². The Hall–Kier alpha value is -3.02. The van der Waals surface area contributed by atoms with E-state index in [9.17, 15) is 5.11 Å². The molecule has 3 aromatic rings. The van der Waals surface area contributed by atoms with Crippen LogP contribution in [0.4, 0.5) is 0 Å². The van der Waals surface area contributed by atoms with Crippen LogP contribution in [0.2, 0.25) is 0 Å². The second kappa shape index (κ2) is 11.2. The molecule has 0 aliphatic carbocycles. The number of rotatable bonds is 11. The van der Waals surface area contributed by atoms with E-state index in [1.165, 1.54) is 5.56 Å². The van der Waals surface area contributed by atoms with Crippen molar-refractivity contribution in [1.29, 1.82) is 0 Å². The average molecular weight is 408 g/mol. The molecule has 0 fully saturated rings. The number of methoxy groups -OCH3 is 2. The summed E-state index contributed by atoms with van der Waals surface area (Å²) < 4.78 is 16.5. The Bertz CT molecular complexity index is 886. The molecule has 0 spiro atoms. The molecule has 2 N–H and O–H groups in total. The molecular formula is C25H29NO4. The molecule has 0 radical (unpaired) electrons. The Labute approximate surface area is 178 Å². The van der Waals surface area contributed by atoms with Crippen LogP contribution in [0, 0.1) is 0 Å². The molecule has 0 aromatic heterocycles. The average Bonchev–Trinajstić information content (AvgIpc) is 2.81. The van der Waals surface area contributed by atoms with E-state index in [1.807, 2.05) is 66.7 Å². The Kier molecular flexibility index (Phi) is 8.12. The van der Waals surface area contributed by atoms with Crippen molar-refractivity contribution in [3.8, 4) is 17.2 Å². The summed E-state index contributed by atoms with van der Waals surface area (Å²) in [5, 5.41) is 13.9. The van der Waals surface area contributed by atoms with Crippen LogP contribution >= 0.6 is 0 Å². The normalized spacial score (nSPS) is 12.8. The largest absolute Gasteiger partial charge is 0.493 e. The Morgan fingerprint density at radius 2 is 1.50 bits per heavy atom. The molecule has 0 aliphatic heterocycles. The van der Waals surface area contributed by atoms with Gasteiger partial charge in [0.1, 0.15) is 18.5 Å². The van der Waals surface area contributed by atoms with E-state index in [0.717, 1.165) is 17.7 Å². The number of hydrogen-bond acceptors (Lipinski definition) is 5. The van der Waals surface area contributed by atoms with E-state index in [1.54, 1.807) is 14.2 Å². The second-order valence-corrected chi connectivity index (χ2v) is 7.04. The molecule has 0 saturated heterocycles. The molecule has 0 saturated carbocycles. The van der Waals surface area contributed by atoms with Gasteiger partial charge in [-0.05, 0) is 41.8 Å². The van der Waals surface area contributed by atoms with E-state index in [-0.39, 0.29) is 12.6 Å². The number of ether oxygens (including phenoxy) is 3. The number of para-hydroxylation sites is 1. The lowest BCUT2D eigenvalue weighted by Gasteiger charge is -2.23. The lowest BCUT2D eigenvalue weighted by molar-refractivity contribution is 0.103. The highest BCUT2D eigenvalue weighted by molar-refractivity contribution is 5.44. The van der Waals surface area contributed by atoms with E-state index >= 15 is 0 Å². The smallest absolute Gasteiger partial charge is 0.161 e. The molecule has 5 nitrogen and oxygen atoms in total. The van der Waals surface area contributed by atoms with Crippen molar-refractivity contribution in [2.45, 2.75) is 18.6 Å². The van der Waals surface area contributed by atoms with Gasteiger partial charge in [-0.3, -0.25) is 0 Å². The fraction of sp³-hybridized carbons (Fsp3) is 0.280. The van der Waals surface area contributed by atoms with Gasteiger partial charge < -0.3 is 24.6 Å². The monoisotopic (exact) mass is 407 g/mol. The van der Waals surface area contributed by atoms with Gasteiger partial charge in [-0.25, -0.2) is 0 Å². The zero-order valence-corrected chi connectivity index (χ0v) is 17.5. The van der Waals surface area contributed by atoms with E-state index in [2.05, 4.69) is 17.4 Å². The highest BCUT2D eigenvalue weighted by atomic mass is 16.5. The zero-order chi connectivity index (χ0) is 21.2. The molecule has 5 heteroatoms. The van der Waals surface area contributed by atoms with Crippen molar-refractivity contribution in [3.05, 3.63) is 90.0 Å². The fourth-order valence-electron chi connectivity index (χ4n) is 3.27. The quantitative estimate of drug-likeness (QED) is 0.503. The van der Waals surface area contributed by atoms with Crippen molar-refractivity contribution in [2.24, 2.45) is 0 Å². The van der Waals surface area contributed by atoms with Crippen LogP contribution in [0.25, 0.3) is 0 Å². The van der Waals surface area contributed by atoms with Crippen molar-refractivity contribution in [1.82, 2.24) is 5.32 Å². The topological polar surface area (TPSA) is 60.0 Å². The molecule has 3 rings (SSSR count). The number of hydrogen-bond donors (Lipinski definition) is 2. The summed E-state index contributed by atoms with van der Waals surface area (Å²) in [7, 11) is 3.26. The van der Waals surface area contributed by atoms with Gasteiger partial charge in [-0.15, -0.1) is 0 Å². The third-order valence-corrected chi connectivity index (χ3v) is 4.88. The Balaban J connectivity index is 1.68. The standard InChI is InChI=1S/C25H29NO4/c1-28-24-14-13-20(16-25(24)29-2)23(15-19-9-5-3-6-10-19)26-17-21(27)18-30-22-11-7-4-8-12-22/h3-14,16,21,23,26-27H,15,17-18H2,1-2H3/t21-,23?/m0/s1. The summed E-state index contributed by atoms with van der Waals surface area (Å²) in [6.45, 7) is 0.625. The maximum absolute atomic E-state index is 10.4. The third kappa shape index (κ3) is 6.24. The van der Waals surface area contributed by atoms with Crippen LogP contribution in [0.15, 0.2) is 78.9 Å². The second-order valence-electron chi connectivity index (χ2n) is 7.04. The van der Waals surface area contributed by atoms with Gasteiger partial charge in [-0.1, -0.05) is 54.6 Å². The molecule has 158 valence electrons. The fourth-order valence-corrected chi connectivity index (χ4v) is 3.27. The molecule has 0 bridgehead atoms. The molecule has 0 heterocycles. The van der Waals surface area contributed by atoms with E-state index < -0.39 is 6.10 Å². The maximum Gasteiger partial charge on any atom is 0.161 e. The van der Waals surface area contributed by atoms with Crippen LogP contribution in [0.3, 0.4) is 0 Å². The van der Waals surface area contributed by atoms with Crippen LogP contribution in [-0.4, -0.2) is 38.6 Å². The molecular weight excluding hydrogens is 378 g/mol. The first-order valence-electron chi connectivity index (χ1n) is 10.0. The van der Waals surface area contributed by atoms with Crippen molar-refractivity contribution >= 4 is 0 Å². The minimum atomic E-state index is -0.636. The molecule has 2 atom stereocenters. The molecule has 30 heavy (non-hydrogen) atoms. The summed E-state index contributed by atoms with van der Waals surface area (Å²) in [5.41, 5.74) is 2.27. The molecule has 0 amide bonds. The van der Waals surface area contributed by atoms with Crippen molar-refractivity contribution < 1.29 is 19.3 Å². The number of aliphatic hydroxyl groups excluding tert-OH is 1. The molecule has 1 unspecified atom stereocenters. The van der Waals surface area contributed by atoms with Crippen molar-refractivity contribution in [3.63, 3.8) is 0 Å². The lowest BCUT2D eigenvalue weighted by Crippen LogP contribution is -2.34. The first kappa shape index (κ1) is 21.7.